The summed E-state index contributed by atoms with van der Waals surface area (Å²) in [6.45, 7) is 1.66. The van der Waals surface area contributed by atoms with E-state index in [1.54, 1.807) is 0 Å². The first-order chi connectivity index (χ1) is 18.8. The summed E-state index contributed by atoms with van der Waals surface area (Å²) < 4.78 is 116. The third-order valence-corrected chi connectivity index (χ3v) is 10.8. The topological polar surface area (TPSA) is 120 Å². The highest BCUT2D eigenvalue weighted by Gasteiger charge is 2.60. The van der Waals surface area contributed by atoms with Gasteiger partial charge in [-0.3, -0.25) is 14.8 Å². The van der Waals surface area contributed by atoms with E-state index in [-0.39, 0.29) is 23.0 Å². The number of nitrogens with zero attached hydrogens (tertiary/aromatic N) is 4. The number of Topliss-reactive ketones (excluding diaryl/α,β-unsaturated/α-hetero) is 1. The van der Waals surface area contributed by atoms with Crippen molar-refractivity contribution in [1.82, 2.24) is 9.97 Å². The summed E-state index contributed by atoms with van der Waals surface area (Å²) in [5.41, 5.74) is 3.59. The van der Waals surface area contributed by atoms with E-state index in [1.165, 1.54) is 26.8 Å². The van der Waals surface area contributed by atoms with Crippen LogP contribution in [0.3, 0.4) is 0 Å². The van der Waals surface area contributed by atoms with E-state index in [1.807, 2.05) is 0 Å². The molecule has 2 aliphatic rings. The third-order valence-electron chi connectivity index (χ3n) is 7.18. The average Bonchev–Trinajstić information content (AvgIpc) is 2.89. The highest BCUT2D eigenvalue weighted by molar-refractivity contribution is 7.96. The second-order valence-corrected chi connectivity index (χ2v) is 13.5. The number of pyridine rings is 2. The maximum Gasteiger partial charge on any atom is 0.340 e. The fraction of sp³-hybridized carbons (Fsp3) is 0.520. The molecule has 0 aromatic carbocycles. The molecule has 8 nitrogen and oxygen atoms in total. The SMILES string of the molecule is CC1(C)C(N)=N[C@](C)(c2nc(CC(=O)c3ccc(OCC(F)(F)C(F)F)cn3)ccc2F)[C@H]2CC(F)(F)CN=[S@@]21=O. The van der Waals surface area contributed by atoms with Crippen LogP contribution < -0.4 is 10.5 Å². The first-order valence-electron chi connectivity index (χ1n) is 12.2. The van der Waals surface area contributed by atoms with Gasteiger partial charge in [0, 0.05) is 12.1 Å². The van der Waals surface area contributed by atoms with Crippen LogP contribution in [-0.2, 0) is 21.7 Å². The molecule has 4 heterocycles. The lowest BCUT2D eigenvalue weighted by molar-refractivity contribution is -0.148. The number of ether oxygens (including phenoxy) is 1. The Balaban J connectivity index is 1.62. The zero-order valence-electron chi connectivity index (χ0n) is 22.0. The molecule has 0 aliphatic carbocycles. The normalized spacial score (nSPS) is 27.0. The van der Waals surface area contributed by atoms with Gasteiger partial charge in [-0.1, -0.05) is 0 Å². The van der Waals surface area contributed by atoms with Crippen LogP contribution in [0.1, 0.15) is 49.1 Å². The maximum absolute atomic E-state index is 15.2. The molecule has 0 bridgehead atoms. The molecule has 4 rings (SSSR count). The molecule has 3 atom stereocenters. The fourth-order valence-electron chi connectivity index (χ4n) is 4.63. The summed E-state index contributed by atoms with van der Waals surface area (Å²) in [7, 11) is -3.50. The Morgan fingerprint density at radius 1 is 1.20 bits per heavy atom. The van der Waals surface area contributed by atoms with Crippen molar-refractivity contribution >= 4 is 21.3 Å². The Labute approximate surface area is 230 Å². The molecule has 0 saturated heterocycles. The lowest BCUT2D eigenvalue weighted by atomic mass is 9.87. The number of alkyl halides is 6. The number of carbonyl (C=O) groups excluding carboxylic acids is 1. The standard InChI is InChI=1S/C25H26F7N5O3S/c1-22(2)21(33)37-23(3,18-9-24(29,30)11-35-41(18,22)39)19-15(26)6-4-13(36-19)8-17(38)16-7-5-14(10-34-16)40-12-25(31,32)20(27)28/h4-7,10,18,20H,8-9,11-12H2,1-3H3,(H2,33,37)/t18-,23+,41-/m1/s1. The number of ketones is 1. The number of hydrogen-bond acceptors (Lipinski definition) is 8. The molecule has 0 fully saturated rings. The van der Waals surface area contributed by atoms with E-state index in [0.717, 1.165) is 24.4 Å². The molecule has 41 heavy (non-hydrogen) atoms. The highest BCUT2D eigenvalue weighted by atomic mass is 32.2. The summed E-state index contributed by atoms with van der Waals surface area (Å²) in [5.74, 6) is -9.77. The number of fused-ring (bicyclic) bond motifs is 1. The van der Waals surface area contributed by atoms with Crippen LogP contribution in [0.15, 0.2) is 39.8 Å². The average molecular weight is 610 g/mol. The van der Waals surface area contributed by atoms with Crippen LogP contribution in [0.2, 0.25) is 0 Å². The van der Waals surface area contributed by atoms with Crippen molar-refractivity contribution in [2.24, 2.45) is 15.1 Å². The molecule has 0 amide bonds. The number of aromatic nitrogens is 2. The van der Waals surface area contributed by atoms with Crippen molar-refractivity contribution in [3.8, 4) is 5.75 Å². The molecule has 0 unspecified atom stereocenters. The summed E-state index contributed by atoms with van der Waals surface area (Å²) in [4.78, 5) is 25.1. The van der Waals surface area contributed by atoms with E-state index in [0.29, 0.717) is 0 Å². The van der Waals surface area contributed by atoms with Crippen LogP contribution in [0.25, 0.3) is 0 Å². The molecule has 2 aliphatic heterocycles. The lowest BCUT2D eigenvalue weighted by Gasteiger charge is -2.48. The molecule has 2 N–H and O–H groups in total. The van der Waals surface area contributed by atoms with Gasteiger partial charge in [-0.05, 0) is 45.0 Å². The van der Waals surface area contributed by atoms with Gasteiger partial charge in [0.1, 0.15) is 45.6 Å². The number of halogens is 7. The minimum Gasteiger partial charge on any atom is -0.485 e. The van der Waals surface area contributed by atoms with Gasteiger partial charge in [0.05, 0.1) is 27.6 Å². The summed E-state index contributed by atoms with van der Waals surface area (Å²) in [6, 6.07) is 4.34. The van der Waals surface area contributed by atoms with Crippen LogP contribution in [-0.4, -0.2) is 67.2 Å². The van der Waals surface area contributed by atoms with Crippen molar-refractivity contribution in [2.45, 2.75) is 67.4 Å². The first-order valence-corrected chi connectivity index (χ1v) is 13.8. The maximum atomic E-state index is 15.2. The zero-order valence-corrected chi connectivity index (χ0v) is 22.8. The Bertz CT molecular complexity index is 1510. The quantitative estimate of drug-likeness (QED) is 0.346. The molecule has 16 heteroatoms. The lowest BCUT2D eigenvalue weighted by Crippen LogP contribution is -2.62. The van der Waals surface area contributed by atoms with E-state index in [2.05, 4.69) is 24.1 Å². The van der Waals surface area contributed by atoms with Crippen molar-refractivity contribution in [3.63, 3.8) is 0 Å². The van der Waals surface area contributed by atoms with E-state index < -0.39 is 86.8 Å². The third kappa shape index (κ3) is 5.49. The van der Waals surface area contributed by atoms with Gasteiger partial charge in [-0.15, -0.1) is 0 Å². The van der Waals surface area contributed by atoms with E-state index in [4.69, 9.17) is 5.73 Å². The second-order valence-electron chi connectivity index (χ2n) is 10.5. The van der Waals surface area contributed by atoms with Crippen LogP contribution in [0.4, 0.5) is 30.7 Å². The van der Waals surface area contributed by atoms with Gasteiger partial charge >= 0.3 is 12.3 Å². The summed E-state index contributed by atoms with van der Waals surface area (Å²) in [5, 5.41) is -1.46. The molecule has 0 radical (unpaired) electrons. The summed E-state index contributed by atoms with van der Waals surface area (Å²) in [6.07, 6.45) is -4.39. The number of aliphatic imine (C=N–C) groups is 1. The van der Waals surface area contributed by atoms with Crippen molar-refractivity contribution in [3.05, 3.63) is 53.4 Å². The molecule has 2 aromatic heterocycles. The monoisotopic (exact) mass is 609 g/mol. The Morgan fingerprint density at radius 2 is 1.88 bits per heavy atom. The second kappa shape index (κ2) is 10.2. The van der Waals surface area contributed by atoms with Crippen LogP contribution >= 0.6 is 0 Å². The van der Waals surface area contributed by atoms with Crippen LogP contribution in [0, 0.1) is 5.82 Å². The Kier molecular flexibility index (Phi) is 7.63. The predicted molar refractivity (Wildman–Crippen MR) is 135 cm³/mol. The van der Waals surface area contributed by atoms with Crippen molar-refractivity contribution in [1.29, 1.82) is 0 Å². The minimum atomic E-state index is -4.38. The molecule has 2 aromatic rings. The van der Waals surface area contributed by atoms with Crippen molar-refractivity contribution < 1.29 is 44.5 Å². The predicted octanol–water partition coefficient (Wildman–Crippen LogP) is 4.56. The minimum absolute atomic E-state index is 0.00376. The van der Waals surface area contributed by atoms with E-state index >= 15 is 4.39 Å². The van der Waals surface area contributed by atoms with Gasteiger partial charge in [0.15, 0.2) is 12.4 Å². The van der Waals surface area contributed by atoms with Gasteiger partial charge in [0.25, 0.3) is 5.92 Å². The zero-order chi connectivity index (χ0) is 30.6. The molecular formula is C25H26F7N5O3S. The molecular weight excluding hydrogens is 583 g/mol. The number of nitrogens with two attached hydrogens (primary N) is 1. The number of amidine groups is 1. The van der Waals surface area contributed by atoms with Crippen LogP contribution in [0.5, 0.6) is 5.75 Å². The molecule has 224 valence electrons. The smallest absolute Gasteiger partial charge is 0.340 e. The Hall–Kier alpha value is -3.30. The van der Waals surface area contributed by atoms with Gasteiger partial charge in [-0.2, -0.15) is 8.78 Å². The van der Waals surface area contributed by atoms with Crippen molar-refractivity contribution in [2.75, 3.05) is 13.2 Å². The van der Waals surface area contributed by atoms with Gasteiger partial charge < -0.3 is 10.5 Å². The molecule has 0 spiro atoms. The number of carbonyl (C=O) groups is 1. The number of rotatable bonds is 8. The largest absolute Gasteiger partial charge is 0.485 e. The van der Waals surface area contributed by atoms with Gasteiger partial charge in [-0.25, -0.2) is 35.5 Å². The summed E-state index contributed by atoms with van der Waals surface area (Å²) >= 11 is 0. The first kappa shape index (κ1) is 30.7. The van der Waals surface area contributed by atoms with Gasteiger partial charge in [0.2, 0.25) is 0 Å². The van der Waals surface area contributed by atoms with E-state index in [9.17, 15) is 35.3 Å². The fourth-order valence-corrected chi connectivity index (χ4v) is 7.83. The highest BCUT2D eigenvalue weighted by Crippen LogP contribution is 2.49. The Morgan fingerprint density at radius 3 is 2.49 bits per heavy atom. The number of hydrogen-bond donors (Lipinski definition) is 1. The molecule has 0 saturated carbocycles.